The van der Waals surface area contributed by atoms with Crippen molar-refractivity contribution < 1.29 is 17.9 Å². The van der Waals surface area contributed by atoms with E-state index in [9.17, 15) is 13.2 Å². The number of aromatic amines is 1. The lowest BCUT2D eigenvalue weighted by Crippen LogP contribution is -2.29. The fourth-order valence-electron chi connectivity index (χ4n) is 5.20. The van der Waals surface area contributed by atoms with Crippen LogP contribution in [0.4, 0.5) is 13.2 Å². The van der Waals surface area contributed by atoms with E-state index in [-0.39, 0.29) is 17.5 Å². The number of para-hydroxylation sites is 1. The monoisotopic (exact) mass is 478 g/mol. The van der Waals surface area contributed by atoms with Gasteiger partial charge in [-0.2, -0.15) is 0 Å². The van der Waals surface area contributed by atoms with Crippen molar-refractivity contribution in [3.05, 3.63) is 107 Å². The standard InChI is InChI=1S/C29H29F3N2O/c30-23-10-8-22(9-11-23)29(26-13-12-24(31)17-21(26)19-35-29)14-4-16-33-15-2-1-5-20-18-34-28-25(20)6-3-7-27(28)32/h3,6-13,17-18,33-34H,1-2,4-5,14-16,19H2. The third-order valence-electron chi connectivity index (χ3n) is 6.97. The highest BCUT2D eigenvalue weighted by atomic mass is 19.1. The molecule has 1 aliphatic heterocycles. The molecule has 0 aliphatic carbocycles. The highest BCUT2D eigenvalue weighted by Crippen LogP contribution is 2.45. The largest absolute Gasteiger partial charge is 0.361 e. The molecule has 2 heterocycles. The van der Waals surface area contributed by atoms with Crippen molar-refractivity contribution in [3.63, 3.8) is 0 Å². The number of hydrogen-bond donors (Lipinski definition) is 2. The SMILES string of the molecule is Fc1ccc(C2(CCCNCCCCc3c[nH]c4c(F)cccc34)OCc3cc(F)ccc32)cc1. The Morgan fingerprint density at radius 2 is 1.69 bits per heavy atom. The van der Waals surface area contributed by atoms with Gasteiger partial charge in [0.2, 0.25) is 0 Å². The molecule has 0 radical (unpaired) electrons. The van der Waals surface area contributed by atoms with Crippen molar-refractivity contribution in [2.24, 2.45) is 0 Å². The number of fused-ring (bicyclic) bond motifs is 2. The predicted octanol–water partition coefficient (Wildman–Crippen LogP) is 6.75. The van der Waals surface area contributed by atoms with Gasteiger partial charge < -0.3 is 15.0 Å². The zero-order valence-electron chi connectivity index (χ0n) is 19.5. The van der Waals surface area contributed by atoms with Crippen LogP contribution in [0.5, 0.6) is 0 Å². The summed E-state index contributed by atoms with van der Waals surface area (Å²) in [6.07, 6.45) is 6.41. The van der Waals surface area contributed by atoms with Crippen LogP contribution in [0.3, 0.4) is 0 Å². The lowest BCUT2D eigenvalue weighted by Gasteiger charge is -2.30. The summed E-state index contributed by atoms with van der Waals surface area (Å²) in [5.41, 5.74) is 3.73. The summed E-state index contributed by atoms with van der Waals surface area (Å²) in [6, 6.07) is 16.4. The molecule has 2 N–H and O–H groups in total. The smallest absolute Gasteiger partial charge is 0.147 e. The number of aromatic nitrogens is 1. The lowest BCUT2D eigenvalue weighted by molar-refractivity contribution is -0.0129. The normalized spacial score (nSPS) is 17.2. The summed E-state index contributed by atoms with van der Waals surface area (Å²) < 4.78 is 47.5. The molecule has 0 spiro atoms. The predicted molar refractivity (Wildman–Crippen MR) is 132 cm³/mol. The molecule has 3 nitrogen and oxygen atoms in total. The molecule has 0 fully saturated rings. The van der Waals surface area contributed by atoms with E-state index in [1.807, 2.05) is 12.3 Å². The molecule has 3 aromatic carbocycles. The Kier molecular flexibility index (Phi) is 6.93. The number of aryl methyl sites for hydroxylation is 1. The summed E-state index contributed by atoms with van der Waals surface area (Å²) >= 11 is 0. The number of ether oxygens (including phenoxy) is 1. The van der Waals surface area contributed by atoms with Gasteiger partial charge in [-0.25, -0.2) is 13.2 Å². The second kappa shape index (κ2) is 10.3. The highest BCUT2D eigenvalue weighted by Gasteiger charge is 2.41. The number of rotatable bonds is 10. The van der Waals surface area contributed by atoms with Crippen LogP contribution in [0.25, 0.3) is 10.9 Å². The molecular formula is C29H29F3N2O. The number of H-pyrrole nitrogens is 1. The zero-order valence-corrected chi connectivity index (χ0v) is 19.5. The zero-order chi connectivity index (χ0) is 24.3. The first-order valence-electron chi connectivity index (χ1n) is 12.2. The number of halogens is 3. The Balaban J connectivity index is 1.13. The molecule has 5 rings (SSSR count). The molecule has 35 heavy (non-hydrogen) atoms. The van der Waals surface area contributed by atoms with Gasteiger partial charge in [-0.05, 0) is 97.8 Å². The van der Waals surface area contributed by atoms with Gasteiger partial charge in [-0.3, -0.25) is 0 Å². The third kappa shape index (κ3) is 4.86. The Labute approximate surface area is 203 Å². The third-order valence-corrected chi connectivity index (χ3v) is 6.97. The van der Waals surface area contributed by atoms with Gasteiger partial charge in [-0.15, -0.1) is 0 Å². The van der Waals surface area contributed by atoms with E-state index in [2.05, 4.69) is 10.3 Å². The second-order valence-electron chi connectivity index (χ2n) is 9.21. The van der Waals surface area contributed by atoms with E-state index in [1.165, 1.54) is 30.3 Å². The van der Waals surface area contributed by atoms with Crippen molar-refractivity contribution in [3.8, 4) is 0 Å². The van der Waals surface area contributed by atoms with Crippen LogP contribution < -0.4 is 5.32 Å². The van der Waals surface area contributed by atoms with Crippen molar-refractivity contribution >= 4 is 10.9 Å². The number of unbranched alkanes of at least 4 members (excludes halogenated alkanes) is 1. The van der Waals surface area contributed by atoms with Crippen molar-refractivity contribution in [1.29, 1.82) is 0 Å². The van der Waals surface area contributed by atoms with Crippen molar-refractivity contribution in [2.75, 3.05) is 13.1 Å². The van der Waals surface area contributed by atoms with E-state index in [0.717, 1.165) is 66.4 Å². The van der Waals surface area contributed by atoms with E-state index in [0.29, 0.717) is 18.5 Å². The maximum Gasteiger partial charge on any atom is 0.147 e. The van der Waals surface area contributed by atoms with Crippen LogP contribution in [-0.2, 0) is 23.4 Å². The van der Waals surface area contributed by atoms with E-state index in [4.69, 9.17) is 4.74 Å². The van der Waals surface area contributed by atoms with Gasteiger partial charge in [-0.1, -0.05) is 30.3 Å². The maximum atomic E-state index is 13.8. The molecule has 182 valence electrons. The first-order chi connectivity index (χ1) is 17.1. The van der Waals surface area contributed by atoms with Crippen LogP contribution in [0, 0.1) is 17.5 Å². The summed E-state index contributed by atoms with van der Waals surface area (Å²) in [7, 11) is 0. The maximum absolute atomic E-state index is 13.8. The minimum absolute atomic E-state index is 0.215. The van der Waals surface area contributed by atoms with E-state index < -0.39 is 5.60 Å². The fraction of sp³-hybridized carbons (Fsp3) is 0.310. The van der Waals surface area contributed by atoms with E-state index >= 15 is 0 Å². The average molecular weight is 479 g/mol. The summed E-state index contributed by atoms with van der Waals surface area (Å²) in [4.78, 5) is 3.04. The molecule has 1 unspecified atom stereocenters. The molecule has 6 heteroatoms. The number of benzene rings is 3. The highest BCUT2D eigenvalue weighted by molar-refractivity contribution is 5.83. The first-order valence-corrected chi connectivity index (χ1v) is 12.2. The first kappa shape index (κ1) is 23.6. The molecule has 0 saturated carbocycles. The van der Waals surface area contributed by atoms with Crippen molar-refractivity contribution in [2.45, 2.75) is 44.3 Å². The van der Waals surface area contributed by atoms with Gasteiger partial charge in [0.25, 0.3) is 0 Å². The lowest BCUT2D eigenvalue weighted by atomic mass is 9.82. The van der Waals surface area contributed by atoms with Crippen molar-refractivity contribution in [1.82, 2.24) is 10.3 Å². The Hall–Kier alpha value is -3.09. The van der Waals surface area contributed by atoms with Gasteiger partial charge in [0.05, 0.1) is 12.1 Å². The van der Waals surface area contributed by atoms with Crippen LogP contribution >= 0.6 is 0 Å². The van der Waals surface area contributed by atoms with E-state index in [1.54, 1.807) is 24.3 Å². The Morgan fingerprint density at radius 1 is 0.886 bits per heavy atom. The molecule has 1 aromatic heterocycles. The minimum atomic E-state index is -0.691. The van der Waals surface area contributed by atoms with Gasteiger partial charge in [0, 0.05) is 11.6 Å². The average Bonchev–Trinajstić information content (AvgIpc) is 3.44. The minimum Gasteiger partial charge on any atom is -0.361 e. The summed E-state index contributed by atoms with van der Waals surface area (Å²) in [5.74, 6) is -0.782. The summed E-state index contributed by atoms with van der Waals surface area (Å²) in [6.45, 7) is 2.06. The molecule has 0 bridgehead atoms. The van der Waals surface area contributed by atoms with Gasteiger partial charge >= 0.3 is 0 Å². The second-order valence-corrected chi connectivity index (χ2v) is 9.21. The fourth-order valence-corrected chi connectivity index (χ4v) is 5.20. The molecular weight excluding hydrogens is 449 g/mol. The van der Waals surface area contributed by atoms with Crippen LogP contribution in [0.2, 0.25) is 0 Å². The topological polar surface area (TPSA) is 37.0 Å². The molecule has 0 amide bonds. The molecule has 1 atom stereocenters. The number of hydrogen-bond acceptors (Lipinski definition) is 2. The van der Waals surface area contributed by atoms with Crippen LogP contribution in [-0.4, -0.2) is 18.1 Å². The summed E-state index contributed by atoms with van der Waals surface area (Å²) in [5, 5.41) is 4.46. The Morgan fingerprint density at radius 3 is 2.54 bits per heavy atom. The van der Waals surface area contributed by atoms with Gasteiger partial charge in [0.15, 0.2) is 0 Å². The quantitative estimate of drug-likeness (QED) is 0.247. The van der Waals surface area contributed by atoms with Crippen LogP contribution in [0.15, 0.2) is 66.9 Å². The molecule has 1 aliphatic rings. The number of nitrogens with one attached hydrogen (secondary N) is 2. The molecule has 0 saturated heterocycles. The Bertz CT molecular complexity index is 1300. The van der Waals surface area contributed by atoms with Crippen LogP contribution in [0.1, 0.15) is 47.9 Å². The van der Waals surface area contributed by atoms with Gasteiger partial charge in [0.1, 0.15) is 23.1 Å². The molecule has 4 aromatic rings.